The highest BCUT2D eigenvalue weighted by Gasteiger charge is 2.26. The van der Waals surface area contributed by atoms with Gasteiger partial charge in [-0.2, -0.15) is 0 Å². The Morgan fingerprint density at radius 2 is 1.73 bits per heavy atom. The quantitative estimate of drug-likeness (QED) is 0.815. The van der Waals surface area contributed by atoms with Gasteiger partial charge in [0.05, 0.1) is 17.6 Å². The molecule has 0 aliphatic rings. The molecule has 2 amide bonds. The molecule has 0 aliphatic heterocycles. The van der Waals surface area contributed by atoms with E-state index in [1.807, 2.05) is 13.8 Å². The van der Waals surface area contributed by atoms with Gasteiger partial charge in [0.2, 0.25) is 5.91 Å². The number of carbonyl (C=O) groups is 3. The molecule has 1 heterocycles. The average Bonchev–Trinajstić information content (AvgIpc) is 2.73. The summed E-state index contributed by atoms with van der Waals surface area (Å²) in [6.45, 7) is 8.87. The largest absolute Gasteiger partial charge is 0.465 e. The lowest BCUT2D eigenvalue weighted by atomic mass is 10.1. The summed E-state index contributed by atoms with van der Waals surface area (Å²) in [5, 5.41) is 5.82. The molecule has 0 saturated heterocycles. The van der Waals surface area contributed by atoms with Gasteiger partial charge in [0.15, 0.2) is 0 Å². The molecule has 1 rings (SSSR count). The SMILES string of the molecule is COC(=O)c1c(NC(=O)C(C)C)sc(C(=O)NC(C)C)c1C. The zero-order chi connectivity index (χ0) is 17.0. The van der Waals surface area contributed by atoms with E-state index in [0.717, 1.165) is 11.3 Å². The molecule has 0 spiro atoms. The number of carbonyl (C=O) groups excluding carboxylic acids is 3. The van der Waals surface area contributed by atoms with E-state index in [1.165, 1.54) is 7.11 Å². The number of hydrogen-bond acceptors (Lipinski definition) is 5. The smallest absolute Gasteiger partial charge is 0.341 e. The lowest BCUT2D eigenvalue weighted by Gasteiger charge is -2.07. The fourth-order valence-corrected chi connectivity index (χ4v) is 2.85. The summed E-state index contributed by atoms with van der Waals surface area (Å²) in [5.74, 6) is -1.30. The van der Waals surface area contributed by atoms with Gasteiger partial charge in [0.1, 0.15) is 5.00 Å². The molecule has 2 N–H and O–H groups in total. The van der Waals surface area contributed by atoms with Crippen molar-refractivity contribution in [1.82, 2.24) is 5.32 Å². The molecule has 122 valence electrons. The average molecular weight is 326 g/mol. The van der Waals surface area contributed by atoms with Gasteiger partial charge in [-0.25, -0.2) is 4.79 Å². The van der Waals surface area contributed by atoms with Crippen molar-refractivity contribution in [1.29, 1.82) is 0 Å². The molecule has 6 nitrogen and oxygen atoms in total. The predicted octanol–water partition coefficient (Wildman–Crippen LogP) is 2.58. The highest BCUT2D eigenvalue weighted by molar-refractivity contribution is 7.18. The predicted molar refractivity (Wildman–Crippen MR) is 86.5 cm³/mol. The minimum Gasteiger partial charge on any atom is -0.465 e. The monoisotopic (exact) mass is 326 g/mol. The van der Waals surface area contributed by atoms with Crippen LogP contribution in [0.5, 0.6) is 0 Å². The van der Waals surface area contributed by atoms with Crippen molar-refractivity contribution in [2.45, 2.75) is 40.7 Å². The molecule has 1 aromatic rings. The number of esters is 1. The zero-order valence-electron chi connectivity index (χ0n) is 13.7. The van der Waals surface area contributed by atoms with Crippen molar-refractivity contribution in [3.63, 3.8) is 0 Å². The third-order valence-corrected chi connectivity index (χ3v) is 4.13. The first-order valence-electron chi connectivity index (χ1n) is 7.02. The molecule has 0 atom stereocenters. The third kappa shape index (κ3) is 4.07. The van der Waals surface area contributed by atoms with Crippen molar-refractivity contribution in [2.24, 2.45) is 5.92 Å². The Kier molecular flexibility index (Phi) is 6.11. The molecular weight excluding hydrogens is 304 g/mol. The Labute approximate surface area is 134 Å². The number of nitrogens with one attached hydrogen (secondary N) is 2. The van der Waals surface area contributed by atoms with Gasteiger partial charge in [-0.15, -0.1) is 11.3 Å². The molecule has 0 aromatic carbocycles. The van der Waals surface area contributed by atoms with Crippen molar-refractivity contribution in [3.8, 4) is 0 Å². The molecule has 22 heavy (non-hydrogen) atoms. The number of anilines is 1. The van der Waals surface area contributed by atoms with E-state index < -0.39 is 5.97 Å². The second-order valence-electron chi connectivity index (χ2n) is 5.52. The Hall–Kier alpha value is -1.89. The van der Waals surface area contributed by atoms with Crippen LogP contribution in [0.2, 0.25) is 0 Å². The van der Waals surface area contributed by atoms with Gasteiger partial charge in [-0.05, 0) is 26.3 Å². The first-order chi connectivity index (χ1) is 10.2. The molecule has 0 unspecified atom stereocenters. The Bertz CT molecular complexity index is 591. The molecule has 0 radical (unpaired) electrons. The van der Waals surface area contributed by atoms with E-state index in [1.54, 1.807) is 20.8 Å². The van der Waals surface area contributed by atoms with Gasteiger partial charge in [-0.1, -0.05) is 13.8 Å². The third-order valence-electron chi connectivity index (χ3n) is 2.92. The van der Waals surface area contributed by atoms with Crippen LogP contribution in [-0.2, 0) is 9.53 Å². The summed E-state index contributed by atoms with van der Waals surface area (Å²) in [7, 11) is 1.27. The number of amides is 2. The minimum atomic E-state index is -0.573. The number of thiophene rings is 1. The molecule has 0 saturated carbocycles. The number of methoxy groups -OCH3 is 1. The van der Waals surface area contributed by atoms with Crippen LogP contribution in [0.25, 0.3) is 0 Å². The maximum absolute atomic E-state index is 12.2. The summed E-state index contributed by atoms with van der Waals surface area (Å²) in [5.41, 5.74) is 0.740. The molecule has 0 fully saturated rings. The highest BCUT2D eigenvalue weighted by atomic mass is 32.1. The second kappa shape index (κ2) is 7.40. The lowest BCUT2D eigenvalue weighted by Crippen LogP contribution is -2.29. The summed E-state index contributed by atoms with van der Waals surface area (Å²) >= 11 is 1.08. The first kappa shape index (κ1) is 18.2. The zero-order valence-corrected chi connectivity index (χ0v) is 14.5. The van der Waals surface area contributed by atoms with Crippen LogP contribution in [0.4, 0.5) is 5.00 Å². The Morgan fingerprint density at radius 3 is 2.18 bits per heavy atom. The van der Waals surface area contributed by atoms with Gasteiger partial charge in [-0.3, -0.25) is 9.59 Å². The van der Waals surface area contributed by atoms with Crippen LogP contribution < -0.4 is 10.6 Å². The highest BCUT2D eigenvalue weighted by Crippen LogP contribution is 2.34. The Balaban J connectivity index is 3.27. The van der Waals surface area contributed by atoms with Crippen LogP contribution >= 0.6 is 11.3 Å². The van der Waals surface area contributed by atoms with Crippen molar-refractivity contribution < 1.29 is 19.1 Å². The molecular formula is C15H22N2O4S. The summed E-state index contributed by atoms with van der Waals surface area (Å²) in [6.07, 6.45) is 0. The van der Waals surface area contributed by atoms with E-state index in [-0.39, 0.29) is 29.3 Å². The standard InChI is InChI=1S/C15H22N2O4S/c1-7(2)12(18)17-14-10(15(20)21-6)9(5)11(22-14)13(19)16-8(3)4/h7-8H,1-6H3,(H,16,19)(H,17,18). The fraction of sp³-hybridized carbons (Fsp3) is 0.533. The van der Waals surface area contributed by atoms with Gasteiger partial charge < -0.3 is 15.4 Å². The number of rotatable bonds is 5. The normalized spacial score (nSPS) is 10.7. The van der Waals surface area contributed by atoms with Crippen molar-refractivity contribution >= 4 is 34.1 Å². The van der Waals surface area contributed by atoms with E-state index >= 15 is 0 Å². The Morgan fingerprint density at radius 1 is 1.14 bits per heavy atom. The van der Waals surface area contributed by atoms with E-state index in [9.17, 15) is 14.4 Å². The maximum Gasteiger partial charge on any atom is 0.341 e. The van der Waals surface area contributed by atoms with Crippen LogP contribution in [0.15, 0.2) is 0 Å². The van der Waals surface area contributed by atoms with Crippen LogP contribution in [0.1, 0.15) is 53.3 Å². The van der Waals surface area contributed by atoms with Crippen LogP contribution in [-0.4, -0.2) is 30.9 Å². The maximum atomic E-state index is 12.2. The molecule has 0 bridgehead atoms. The van der Waals surface area contributed by atoms with E-state index in [2.05, 4.69) is 10.6 Å². The van der Waals surface area contributed by atoms with Crippen molar-refractivity contribution in [3.05, 3.63) is 16.0 Å². The number of hydrogen-bond donors (Lipinski definition) is 2. The van der Waals surface area contributed by atoms with Gasteiger partial charge in [0, 0.05) is 12.0 Å². The summed E-state index contributed by atoms with van der Waals surface area (Å²) in [6, 6.07) is -0.0238. The summed E-state index contributed by atoms with van der Waals surface area (Å²) in [4.78, 5) is 36.5. The molecule has 1 aromatic heterocycles. The van der Waals surface area contributed by atoms with Crippen molar-refractivity contribution in [2.75, 3.05) is 12.4 Å². The topological polar surface area (TPSA) is 84.5 Å². The second-order valence-corrected chi connectivity index (χ2v) is 6.54. The van der Waals surface area contributed by atoms with Gasteiger partial charge >= 0.3 is 5.97 Å². The van der Waals surface area contributed by atoms with Crippen LogP contribution in [0.3, 0.4) is 0 Å². The van der Waals surface area contributed by atoms with Gasteiger partial charge in [0.25, 0.3) is 5.91 Å². The fourth-order valence-electron chi connectivity index (χ4n) is 1.75. The van der Waals surface area contributed by atoms with E-state index in [0.29, 0.717) is 15.4 Å². The molecule has 7 heteroatoms. The van der Waals surface area contributed by atoms with Crippen LogP contribution in [0, 0.1) is 12.8 Å². The minimum absolute atomic E-state index is 0.0238. The lowest BCUT2D eigenvalue weighted by molar-refractivity contribution is -0.118. The summed E-state index contributed by atoms with van der Waals surface area (Å²) < 4.78 is 4.76. The molecule has 0 aliphatic carbocycles. The number of ether oxygens (including phenoxy) is 1. The van der Waals surface area contributed by atoms with E-state index in [4.69, 9.17) is 4.74 Å². The first-order valence-corrected chi connectivity index (χ1v) is 7.84.